The Bertz CT molecular complexity index is 1140. The third-order valence-corrected chi connectivity index (χ3v) is 4.48. The van der Waals surface area contributed by atoms with Gasteiger partial charge >= 0.3 is 0 Å². The maximum absolute atomic E-state index is 10.1. The highest BCUT2D eigenvalue weighted by molar-refractivity contribution is 5.88. The molecule has 3 aromatic heterocycles. The molecule has 0 unspecified atom stereocenters. The number of phenolic OH excluding ortho intramolecular Hbond substituents is 1. The van der Waals surface area contributed by atoms with Gasteiger partial charge in [0.25, 0.3) is 0 Å². The van der Waals surface area contributed by atoms with Crippen LogP contribution in [0.5, 0.6) is 5.75 Å². The van der Waals surface area contributed by atoms with Crippen molar-refractivity contribution >= 4 is 27.9 Å². The second kappa shape index (κ2) is 6.84. The van der Waals surface area contributed by atoms with E-state index >= 15 is 0 Å². The van der Waals surface area contributed by atoms with Gasteiger partial charge in [0.05, 0.1) is 11.7 Å². The molecule has 0 aliphatic heterocycles. The molecule has 0 atom stereocenters. The van der Waals surface area contributed by atoms with Crippen molar-refractivity contribution in [3.8, 4) is 5.75 Å². The normalized spacial score (nSPS) is 12.0. The van der Waals surface area contributed by atoms with Gasteiger partial charge < -0.3 is 9.67 Å². The molecule has 128 valence electrons. The lowest BCUT2D eigenvalue weighted by Crippen LogP contribution is -2.02. The van der Waals surface area contributed by atoms with E-state index in [9.17, 15) is 5.11 Å². The van der Waals surface area contributed by atoms with Crippen LogP contribution in [0, 0.1) is 0 Å². The summed E-state index contributed by atoms with van der Waals surface area (Å²) in [7, 11) is 0. The Hall–Kier alpha value is -3.40. The lowest BCUT2D eigenvalue weighted by molar-refractivity contribution is 0.480. The standard InChI is InChI=1S/C22H19N3O/c1-2-3-4-6-18-13-16-10-12-23-14-20(16)25(18)15-17-8-9-21(26)22-19(17)7-5-11-24-22/h2-14,26H,15H2,1H3. The van der Waals surface area contributed by atoms with Gasteiger partial charge in [0.2, 0.25) is 0 Å². The van der Waals surface area contributed by atoms with Crippen LogP contribution in [0.25, 0.3) is 27.9 Å². The molecule has 0 bridgehead atoms. The Balaban J connectivity index is 1.87. The Kier molecular flexibility index (Phi) is 4.23. The van der Waals surface area contributed by atoms with Gasteiger partial charge in [0.15, 0.2) is 0 Å². The molecule has 26 heavy (non-hydrogen) atoms. The van der Waals surface area contributed by atoms with E-state index in [1.807, 2.05) is 61.8 Å². The average molecular weight is 341 g/mol. The second-order valence-corrected chi connectivity index (χ2v) is 6.12. The third kappa shape index (κ3) is 2.86. The predicted molar refractivity (Wildman–Crippen MR) is 106 cm³/mol. The van der Waals surface area contributed by atoms with E-state index in [1.165, 1.54) is 0 Å². The summed E-state index contributed by atoms with van der Waals surface area (Å²) in [6.07, 6.45) is 13.6. The zero-order valence-electron chi connectivity index (χ0n) is 14.5. The van der Waals surface area contributed by atoms with Gasteiger partial charge in [-0.1, -0.05) is 30.4 Å². The number of allylic oxidation sites excluding steroid dienone is 3. The molecule has 0 saturated heterocycles. The second-order valence-electron chi connectivity index (χ2n) is 6.12. The zero-order chi connectivity index (χ0) is 17.9. The highest BCUT2D eigenvalue weighted by Crippen LogP contribution is 2.28. The van der Waals surface area contributed by atoms with Crippen LogP contribution >= 0.6 is 0 Å². The first-order valence-corrected chi connectivity index (χ1v) is 8.56. The molecule has 1 N–H and O–H groups in total. The van der Waals surface area contributed by atoms with Crippen LogP contribution in [-0.4, -0.2) is 19.6 Å². The van der Waals surface area contributed by atoms with Crippen molar-refractivity contribution in [1.82, 2.24) is 14.5 Å². The molecule has 3 heterocycles. The minimum atomic E-state index is 0.205. The average Bonchev–Trinajstić information content (AvgIpc) is 3.02. The minimum Gasteiger partial charge on any atom is -0.506 e. The van der Waals surface area contributed by atoms with Gasteiger partial charge in [0, 0.05) is 35.4 Å². The SMILES string of the molecule is CC=CC=Cc1cc2ccncc2n1Cc1ccc(O)c2ncccc12. The number of hydrogen-bond acceptors (Lipinski definition) is 3. The van der Waals surface area contributed by atoms with Gasteiger partial charge in [0.1, 0.15) is 11.3 Å². The summed E-state index contributed by atoms with van der Waals surface area (Å²) in [4.78, 5) is 8.61. The van der Waals surface area contributed by atoms with Crippen molar-refractivity contribution < 1.29 is 5.11 Å². The van der Waals surface area contributed by atoms with Crippen LogP contribution in [0.2, 0.25) is 0 Å². The molecule has 1 aromatic carbocycles. The summed E-state index contributed by atoms with van der Waals surface area (Å²) in [6.45, 7) is 2.67. The van der Waals surface area contributed by atoms with Gasteiger partial charge in [-0.15, -0.1) is 0 Å². The largest absolute Gasteiger partial charge is 0.506 e. The van der Waals surface area contributed by atoms with Gasteiger partial charge in [-0.3, -0.25) is 9.97 Å². The summed E-state index contributed by atoms with van der Waals surface area (Å²) in [5.41, 5.74) is 3.92. The first-order valence-electron chi connectivity index (χ1n) is 8.56. The molecule has 4 nitrogen and oxygen atoms in total. The van der Waals surface area contributed by atoms with E-state index in [4.69, 9.17) is 0 Å². The van der Waals surface area contributed by atoms with Crippen molar-refractivity contribution in [3.63, 3.8) is 0 Å². The lowest BCUT2D eigenvalue weighted by Gasteiger charge is -2.12. The monoisotopic (exact) mass is 341 g/mol. The van der Waals surface area contributed by atoms with Crippen LogP contribution < -0.4 is 0 Å². The van der Waals surface area contributed by atoms with E-state index < -0.39 is 0 Å². The number of fused-ring (bicyclic) bond motifs is 2. The van der Waals surface area contributed by atoms with Crippen LogP contribution in [0.4, 0.5) is 0 Å². The van der Waals surface area contributed by atoms with Crippen LogP contribution in [0.3, 0.4) is 0 Å². The van der Waals surface area contributed by atoms with E-state index in [0.29, 0.717) is 12.1 Å². The van der Waals surface area contributed by atoms with E-state index in [0.717, 1.165) is 27.5 Å². The number of aromatic nitrogens is 3. The first kappa shape index (κ1) is 16.1. The maximum Gasteiger partial charge on any atom is 0.141 e. The summed E-state index contributed by atoms with van der Waals surface area (Å²) < 4.78 is 2.24. The Morgan fingerprint density at radius 2 is 2.04 bits per heavy atom. The van der Waals surface area contributed by atoms with E-state index in [1.54, 1.807) is 12.3 Å². The molecular formula is C22H19N3O. The van der Waals surface area contributed by atoms with Crippen molar-refractivity contribution in [2.75, 3.05) is 0 Å². The van der Waals surface area contributed by atoms with Crippen molar-refractivity contribution in [1.29, 1.82) is 0 Å². The Morgan fingerprint density at radius 3 is 2.92 bits per heavy atom. The summed E-state index contributed by atoms with van der Waals surface area (Å²) in [6, 6.07) is 11.8. The number of benzene rings is 1. The Labute approximate surface area is 151 Å². The summed E-state index contributed by atoms with van der Waals surface area (Å²) in [5, 5.41) is 12.2. The summed E-state index contributed by atoms with van der Waals surface area (Å²) in [5.74, 6) is 0.205. The van der Waals surface area contributed by atoms with E-state index in [-0.39, 0.29) is 5.75 Å². The topological polar surface area (TPSA) is 50.9 Å². The number of phenols is 1. The molecule has 0 spiro atoms. The van der Waals surface area contributed by atoms with Crippen LogP contribution in [0.1, 0.15) is 18.2 Å². The Morgan fingerprint density at radius 1 is 1.12 bits per heavy atom. The number of nitrogens with zero attached hydrogens (tertiary/aromatic N) is 3. The van der Waals surface area contributed by atoms with Crippen molar-refractivity contribution in [2.24, 2.45) is 0 Å². The number of rotatable bonds is 4. The molecule has 0 aliphatic carbocycles. The molecule has 4 rings (SSSR count). The zero-order valence-corrected chi connectivity index (χ0v) is 14.5. The fraction of sp³-hybridized carbons (Fsp3) is 0.0909. The minimum absolute atomic E-state index is 0.205. The molecular weight excluding hydrogens is 322 g/mol. The molecule has 0 aliphatic rings. The fourth-order valence-electron chi connectivity index (χ4n) is 3.23. The van der Waals surface area contributed by atoms with Gasteiger partial charge in [-0.25, -0.2) is 0 Å². The molecule has 0 fully saturated rings. The highest BCUT2D eigenvalue weighted by Gasteiger charge is 2.11. The molecule has 4 heteroatoms. The van der Waals surface area contributed by atoms with Crippen LogP contribution in [0.15, 0.2) is 73.2 Å². The van der Waals surface area contributed by atoms with Crippen LogP contribution in [-0.2, 0) is 6.54 Å². The smallest absolute Gasteiger partial charge is 0.141 e. The van der Waals surface area contributed by atoms with Crippen molar-refractivity contribution in [2.45, 2.75) is 13.5 Å². The third-order valence-electron chi connectivity index (χ3n) is 4.48. The number of hydrogen-bond donors (Lipinski definition) is 1. The first-order chi connectivity index (χ1) is 12.8. The fourth-order valence-corrected chi connectivity index (χ4v) is 3.23. The molecule has 0 saturated carbocycles. The van der Waals surface area contributed by atoms with Gasteiger partial charge in [-0.05, 0) is 42.8 Å². The maximum atomic E-state index is 10.1. The molecule has 0 amide bonds. The number of aromatic hydroxyl groups is 1. The van der Waals surface area contributed by atoms with Crippen molar-refractivity contribution in [3.05, 3.63) is 84.5 Å². The highest BCUT2D eigenvalue weighted by atomic mass is 16.3. The van der Waals surface area contributed by atoms with E-state index in [2.05, 4.69) is 26.7 Å². The lowest BCUT2D eigenvalue weighted by atomic mass is 10.1. The van der Waals surface area contributed by atoms with Gasteiger partial charge in [-0.2, -0.15) is 0 Å². The molecule has 4 aromatic rings. The summed E-state index contributed by atoms with van der Waals surface area (Å²) >= 11 is 0. The quantitative estimate of drug-likeness (QED) is 0.536. The number of pyridine rings is 2. The molecule has 0 radical (unpaired) electrons. The predicted octanol–water partition coefficient (Wildman–Crippen LogP) is 4.93.